The summed E-state index contributed by atoms with van der Waals surface area (Å²) in [5, 5.41) is 4.27. The normalized spacial score (nSPS) is 19.4. The zero-order valence-corrected chi connectivity index (χ0v) is 13.0. The van der Waals surface area contributed by atoms with E-state index in [0.29, 0.717) is 0 Å². The van der Waals surface area contributed by atoms with Crippen LogP contribution in [0.15, 0.2) is 18.2 Å². The van der Waals surface area contributed by atoms with Crippen molar-refractivity contribution in [2.45, 2.75) is 33.7 Å². The van der Waals surface area contributed by atoms with Crippen molar-refractivity contribution < 1.29 is 0 Å². The number of rotatable bonds is 5. The molecule has 0 aliphatic carbocycles. The van der Waals surface area contributed by atoms with Crippen LogP contribution in [0.3, 0.4) is 0 Å². The minimum atomic E-state index is 0.765. The Morgan fingerprint density at radius 2 is 2.21 bits per heavy atom. The molecule has 0 spiro atoms. The maximum atomic E-state index is 6.38. The van der Waals surface area contributed by atoms with Crippen molar-refractivity contribution in [2.24, 2.45) is 11.8 Å². The lowest BCUT2D eigenvalue weighted by molar-refractivity contribution is 0.422. The van der Waals surface area contributed by atoms with Gasteiger partial charge in [0.15, 0.2) is 0 Å². The van der Waals surface area contributed by atoms with Crippen molar-refractivity contribution >= 4 is 17.3 Å². The molecular weight excluding hydrogens is 256 g/mol. The summed E-state index contributed by atoms with van der Waals surface area (Å²) in [6.07, 6.45) is 1.30. The van der Waals surface area contributed by atoms with Gasteiger partial charge in [0.25, 0.3) is 0 Å². The van der Waals surface area contributed by atoms with Crippen LogP contribution in [0.4, 0.5) is 5.69 Å². The van der Waals surface area contributed by atoms with E-state index >= 15 is 0 Å². The summed E-state index contributed by atoms with van der Waals surface area (Å²) in [4.78, 5) is 2.50. The molecule has 0 radical (unpaired) electrons. The average molecular weight is 281 g/mol. The van der Waals surface area contributed by atoms with E-state index in [-0.39, 0.29) is 0 Å². The van der Waals surface area contributed by atoms with Gasteiger partial charge in [0.2, 0.25) is 0 Å². The summed E-state index contributed by atoms with van der Waals surface area (Å²) in [6, 6.07) is 6.27. The Hall–Kier alpha value is -0.730. The Morgan fingerprint density at radius 3 is 2.84 bits per heavy atom. The van der Waals surface area contributed by atoms with Crippen molar-refractivity contribution in [3.05, 3.63) is 28.8 Å². The summed E-state index contributed by atoms with van der Waals surface area (Å²) in [5.41, 5.74) is 2.56. The number of hydrogen-bond acceptors (Lipinski definition) is 2. The fourth-order valence-electron chi connectivity index (χ4n) is 2.82. The predicted octanol–water partition coefficient (Wildman–Crippen LogP) is 3.93. The lowest BCUT2D eigenvalue weighted by Crippen LogP contribution is -2.24. The molecule has 1 unspecified atom stereocenters. The van der Waals surface area contributed by atoms with E-state index in [2.05, 4.69) is 43.1 Å². The molecule has 1 heterocycles. The van der Waals surface area contributed by atoms with Crippen LogP contribution in [0.1, 0.15) is 32.8 Å². The van der Waals surface area contributed by atoms with Crippen molar-refractivity contribution in [1.82, 2.24) is 5.32 Å². The van der Waals surface area contributed by atoms with E-state index in [1.807, 2.05) is 6.07 Å². The molecule has 1 aliphatic rings. The van der Waals surface area contributed by atoms with Crippen LogP contribution in [0.25, 0.3) is 0 Å². The van der Waals surface area contributed by atoms with Gasteiger partial charge >= 0.3 is 0 Å². The molecule has 1 aromatic rings. The van der Waals surface area contributed by atoms with E-state index in [0.717, 1.165) is 43.0 Å². The second-order valence-electron chi connectivity index (χ2n) is 5.76. The quantitative estimate of drug-likeness (QED) is 0.879. The molecule has 19 heavy (non-hydrogen) atoms. The number of nitrogens with one attached hydrogen (secondary N) is 1. The Kier molecular flexibility index (Phi) is 5.12. The molecule has 1 N–H and O–H groups in total. The van der Waals surface area contributed by atoms with Crippen LogP contribution in [0.5, 0.6) is 0 Å². The van der Waals surface area contributed by atoms with Gasteiger partial charge in [-0.1, -0.05) is 38.4 Å². The zero-order chi connectivity index (χ0) is 13.8. The van der Waals surface area contributed by atoms with Crippen LogP contribution in [0, 0.1) is 11.8 Å². The van der Waals surface area contributed by atoms with Crippen LogP contribution < -0.4 is 10.2 Å². The fourth-order valence-corrected chi connectivity index (χ4v) is 3.06. The largest absolute Gasteiger partial charge is 0.371 e. The lowest BCUT2D eigenvalue weighted by atomic mass is 9.95. The smallest absolute Gasteiger partial charge is 0.0471 e. The number of benzene rings is 1. The minimum Gasteiger partial charge on any atom is -0.371 e. The highest BCUT2D eigenvalue weighted by atomic mass is 35.5. The maximum absolute atomic E-state index is 6.38. The topological polar surface area (TPSA) is 15.3 Å². The van der Waals surface area contributed by atoms with Crippen LogP contribution in [0.2, 0.25) is 5.02 Å². The van der Waals surface area contributed by atoms with E-state index in [4.69, 9.17) is 11.6 Å². The first-order valence-corrected chi connectivity index (χ1v) is 7.74. The summed E-state index contributed by atoms with van der Waals surface area (Å²) in [5.74, 6) is 1.58. The molecule has 0 saturated carbocycles. The first-order chi connectivity index (χ1) is 9.13. The number of nitrogens with zero attached hydrogens (tertiary/aromatic N) is 1. The van der Waals surface area contributed by atoms with Gasteiger partial charge in [0, 0.05) is 35.9 Å². The monoisotopic (exact) mass is 280 g/mol. The third-order valence-electron chi connectivity index (χ3n) is 4.15. The van der Waals surface area contributed by atoms with E-state index in [9.17, 15) is 0 Å². The first kappa shape index (κ1) is 14.7. The molecule has 0 aromatic heterocycles. The lowest BCUT2D eigenvalue weighted by Gasteiger charge is -2.24. The fraction of sp³-hybridized carbons (Fsp3) is 0.625. The molecule has 1 aromatic carbocycles. The molecule has 1 saturated heterocycles. The van der Waals surface area contributed by atoms with Crippen LogP contribution in [-0.4, -0.2) is 19.6 Å². The minimum absolute atomic E-state index is 0.765. The summed E-state index contributed by atoms with van der Waals surface area (Å²) in [6.45, 7) is 10.9. The maximum Gasteiger partial charge on any atom is 0.0471 e. The summed E-state index contributed by atoms with van der Waals surface area (Å²) >= 11 is 6.38. The van der Waals surface area contributed by atoms with Crippen molar-refractivity contribution in [2.75, 3.05) is 24.5 Å². The number of hydrogen-bond donors (Lipinski definition) is 1. The predicted molar refractivity (Wildman–Crippen MR) is 84.0 cm³/mol. The Morgan fingerprint density at radius 1 is 1.42 bits per heavy atom. The third kappa shape index (κ3) is 3.43. The third-order valence-corrected chi connectivity index (χ3v) is 4.51. The highest BCUT2D eigenvalue weighted by Crippen LogP contribution is 2.33. The second-order valence-corrected chi connectivity index (χ2v) is 6.16. The van der Waals surface area contributed by atoms with Crippen molar-refractivity contribution in [3.63, 3.8) is 0 Å². The van der Waals surface area contributed by atoms with Gasteiger partial charge in [0.05, 0.1) is 0 Å². The molecule has 0 bridgehead atoms. The van der Waals surface area contributed by atoms with E-state index < -0.39 is 0 Å². The molecule has 2 nitrogen and oxygen atoms in total. The van der Waals surface area contributed by atoms with Gasteiger partial charge in [-0.2, -0.15) is 0 Å². The van der Waals surface area contributed by atoms with Gasteiger partial charge in [0.1, 0.15) is 0 Å². The molecule has 1 atom stereocenters. The number of anilines is 1. The average Bonchev–Trinajstić information content (AvgIpc) is 2.86. The zero-order valence-electron chi connectivity index (χ0n) is 12.2. The van der Waals surface area contributed by atoms with Crippen molar-refractivity contribution in [1.29, 1.82) is 0 Å². The highest BCUT2D eigenvalue weighted by molar-refractivity contribution is 6.31. The van der Waals surface area contributed by atoms with Crippen molar-refractivity contribution in [3.8, 4) is 0 Å². The molecule has 0 amide bonds. The van der Waals surface area contributed by atoms with Gasteiger partial charge in [-0.15, -0.1) is 0 Å². The Bertz CT molecular complexity index is 417. The number of halogens is 1. The first-order valence-electron chi connectivity index (χ1n) is 7.36. The standard InChI is InChI=1S/C16H25ClN2/c1-4-18-10-14-15(17)6-5-7-16(14)19-9-8-13(11-19)12(2)3/h5-7,12-13,18H,4,8-11H2,1-3H3. The van der Waals surface area contributed by atoms with Crippen LogP contribution >= 0.6 is 11.6 Å². The molecule has 1 aliphatic heterocycles. The van der Waals surface area contributed by atoms with E-state index in [1.54, 1.807) is 0 Å². The molecule has 106 valence electrons. The summed E-state index contributed by atoms with van der Waals surface area (Å²) < 4.78 is 0. The SMILES string of the molecule is CCNCc1c(Cl)cccc1N1CCC(C(C)C)C1. The molecular formula is C16H25ClN2. The van der Waals surface area contributed by atoms with E-state index in [1.165, 1.54) is 17.7 Å². The van der Waals surface area contributed by atoms with Gasteiger partial charge in [-0.3, -0.25) is 0 Å². The van der Waals surface area contributed by atoms with Gasteiger partial charge in [-0.05, 0) is 36.9 Å². The molecule has 3 heteroatoms. The summed E-state index contributed by atoms with van der Waals surface area (Å²) in [7, 11) is 0. The molecule has 1 fully saturated rings. The second kappa shape index (κ2) is 6.62. The Labute approximate surface area is 122 Å². The Balaban J connectivity index is 2.18. The van der Waals surface area contributed by atoms with Crippen LogP contribution in [-0.2, 0) is 6.54 Å². The van der Waals surface area contributed by atoms with Gasteiger partial charge in [-0.25, -0.2) is 0 Å². The molecule has 2 rings (SSSR count). The van der Waals surface area contributed by atoms with Gasteiger partial charge < -0.3 is 10.2 Å². The highest BCUT2D eigenvalue weighted by Gasteiger charge is 2.26.